The highest BCUT2D eigenvalue weighted by atomic mass is 16.5. The molecule has 0 saturated heterocycles. The first-order valence-corrected chi connectivity index (χ1v) is 6.64. The monoisotopic (exact) mass is 251 g/mol. The van der Waals surface area contributed by atoms with Gasteiger partial charge in [-0.3, -0.25) is 0 Å². The van der Waals surface area contributed by atoms with E-state index in [0.717, 1.165) is 25.9 Å². The quantitative estimate of drug-likeness (QED) is 0.686. The Morgan fingerprint density at radius 1 is 1.11 bits per heavy atom. The Balaban J connectivity index is 2.37. The summed E-state index contributed by atoms with van der Waals surface area (Å²) >= 11 is 0. The van der Waals surface area contributed by atoms with Gasteiger partial charge in [0.2, 0.25) is 0 Å². The average molecular weight is 251 g/mol. The van der Waals surface area contributed by atoms with E-state index < -0.39 is 0 Å². The van der Waals surface area contributed by atoms with Crippen molar-refractivity contribution in [3.8, 4) is 0 Å². The van der Waals surface area contributed by atoms with E-state index in [1.165, 1.54) is 5.56 Å². The van der Waals surface area contributed by atoms with Crippen LogP contribution in [0.1, 0.15) is 31.7 Å². The normalized spacial score (nSPS) is 14.4. The maximum absolute atomic E-state index is 6.48. The number of nitrogens with two attached hydrogens (primary N) is 1. The van der Waals surface area contributed by atoms with Gasteiger partial charge in [0.05, 0.1) is 13.2 Å². The lowest BCUT2D eigenvalue weighted by Crippen LogP contribution is -2.36. The Labute approximate surface area is 110 Å². The Morgan fingerprint density at radius 2 is 1.83 bits per heavy atom. The van der Waals surface area contributed by atoms with Gasteiger partial charge in [0.1, 0.15) is 0 Å². The molecule has 0 aliphatic rings. The van der Waals surface area contributed by atoms with Crippen molar-refractivity contribution in [2.75, 3.05) is 26.9 Å². The summed E-state index contributed by atoms with van der Waals surface area (Å²) in [6.45, 7) is 4.19. The summed E-state index contributed by atoms with van der Waals surface area (Å²) in [4.78, 5) is 0. The summed E-state index contributed by atoms with van der Waals surface area (Å²) in [5, 5.41) is 0. The predicted molar refractivity (Wildman–Crippen MR) is 74.5 cm³/mol. The van der Waals surface area contributed by atoms with Crippen LogP contribution in [0, 0.1) is 0 Å². The molecule has 0 bridgehead atoms. The highest BCUT2D eigenvalue weighted by Crippen LogP contribution is 2.26. The van der Waals surface area contributed by atoms with E-state index in [1.54, 1.807) is 7.11 Å². The van der Waals surface area contributed by atoms with Crippen LogP contribution in [0.15, 0.2) is 30.3 Å². The van der Waals surface area contributed by atoms with Gasteiger partial charge in [0.25, 0.3) is 0 Å². The first-order valence-electron chi connectivity index (χ1n) is 6.64. The van der Waals surface area contributed by atoms with Gasteiger partial charge in [-0.2, -0.15) is 0 Å². The Hall–Kier alpha value is -0.900. The lowest BCUT2D eigenvalue weighted by atomic mass is 9.84. The molecule has 1 aromatic carbocycles. The molecule has 1 atom stereocenters. The zero-order valence-electron chi connectivity index (χ0n) is 11.5. The molecule has 102 valence electrons. The van der Waals surface area contributed by atoms with E-state index in [0.29, 0.717) is 13.2 Å². The minimum absolute atomic E-state index is 0.230. The molecule has 0 aromatic heterocycles. The van der Waals surface area contributed by atoms with Crippen molar-refractivity contribution in [2.24, 2.45) is 5.73 Å². The van der Waals surface area contributed by atoms with Gasteiger partial charge >= 0.3 is 0 Å². The minimum atomic E-state index is -0.230. The van der Waals surface area contributed by atoms with Crippen LogP contribution in [0.4, 0.5) is 0 Å². The summed E-state index contributed by atoms with van der Waals surface area (Å²) < 4.78 is 10.4. The second-order valence-corrected chi connectivity index (χ2v) is 4.58. The van der Waals surface area contributed by atoms with Crippen LogP contribution in [0.3, 0.4) is 0 Å². The van der Waals surface area contributed by atoms with Crippen LogP contribution < -0.4 is 5.73 Å². The summed E-state index contributed by atoms with van der Waals surface area (Å²) in [6.07, 6.45) is 2.86. The van der Waals surface area contributed by atoms with Gasteiger partial charge in [-0.25, -0.2) is 0 Å². The third-order valence-electron chi connectivity index (χ3n) is 3.32. The van der Waals surface area contributed by atoms with Gasteiger partial charge in [0.15, 0.2) is 0 Å². The van der Waals surface area contributed by atoms with Crippen molar-refractivity contribution in [1.82, 2.24) is 0 Å². The molecule has 3 nitrogen and oxygen atoms in total. The topological polar surface area (TPSA) is 44.5 Å². The average Bonchev–Trinajstić information content (AvgIpc) is 2.43. The highest BCUT2D eigenvalue weighted by molar-refractivity contribution is 5.23. The van der Waals surface area contributed by atoms with Crippen LogP contribution in [0.2, 0.25) is 0 Å². The van der Waals surface area contributed by atoms with E-state index in [9.17, 15) is 0 Å². The fraction of sp³-hybridized carbons (Fsp3) is 0.600. The molecule has 0 saturated carbocycles. The fourth-order valence-corrected chi connectivity index (χ4v) is 2.03. The first-order chi connectivity index (χ1) is 8.73. The zero-order chi connectivity index (χ0) is 13.3. The third-order valence-corrected chi connectivity index (χ3v) is 3.32. The van der Waals surface area contributed by atoms with E-state index in [-0.39, 0.29) is 5.54 Å². The molecular formula is C15H25NO2. The second kappa shape index (κ2) is 8.25. The Morgan fingerprint density at radius 3 is 2.44 bits per heavy atom. The number of benzene rings is 1. The number of rotatable bonds is 9. The lowest BCUT2D eigenvalue weighted by molar-refractivity contribution is 0.0662. The van der Waals surface area contributed by atoms with Gasteiger partial charge in [0, 0.05) is 19.3 Å². The van der Waals surface area contributed by atoms with Gasteiger partial charge < -0.3 is 15.2 Å². The SMILES string of the molecule is CCC(N)(CCCOCCOC)c1ccccc1. The molecule has 18 heavy (non-hydrogen) atoms. The van der Waals surface area contributed by atoms with Crippen molar-refractivity contribution >= 4 is 0 Å². The predicted octanol–water partition coefficient (Wildman–Crippen LogP) is 2.69. The van der Waals surface area contributed by atoms with E-state index in [4.69, 9.17) is 15.2 Å². The van der Waals surface area contributed by atoms with Gasteiger partial charge in [-0.15, -0.1) is 0 Å². The largest absolute Gasteiger partial charge is 0.382 e. The lowest BCUT2D eigenvalue weighted by Gasteiger charge is -2.29. The standard InChI is InChI=1S/C15H25NO2/c1-3-15(16,14-8-5-4-6-9-14)10-7-11-18-13-12-17-2/h4-6,8-9H,3,7,10-13,16H2,1-2H3. The molecule has 0 fully saturated rings. The van der Waals surface area contributed by atoms with Crippen molar-refractivity contribution in [2.45, 2.75) is 31.7 Å². The Bertz CT molecular complexity index is 316. The third kappa shape index (κ3) is 4.77. The summed E-state index contributed by atoms with van der Waals surface area (Å²) in [5.74, 6) is 0. The molecule has 1 rings (SSSR count). The van der Waals surface area contributed by atoms with Crippen LogP contribution in [0.5, 0.6) is 0 Å². The summed E-state index contributed by atoms with van der Waals surface area (Å²) in [7, 11) is 1.68. The van der Waals surface area contributed by atoms with Crippen molar-refractivity contribution in [3.05, 3.63) is 35.9 Å². The number of hydrogen-bond acceptors (Lipinski definition) is 3. The van der Waals surface area contributed by atoms with Crippen molar-refractivity contribution < 1.29 is 9.47 Å². The molecule has 0 aliphatic carbocycles. The van der Waals surface area contributed by atoms with Crippen molar-refractivity contribution in [1.29, 1.82) is 0 Å². The van der Waals surface area contributed by atoms with Gasteiger partial charge in [-0.05, 0) is 24.8 Å². The Kier molecular flexibility index (Phi) is 6.94. The molecule has 0 heterocycles. The molecule has 0 aliphatic heterocycles. The van der Waals surface area contributed by atoms with Crippen LogP contribution in [-0.4, -0.2) is 26.9 Å². The molecular weight excluding hydrogens is 226 g/mol. The van der Waals surface area contributed by atoms with E-state index >= 15 is 0 Å². The first kappa shape index (κ1) is 15.2. The van der Waals surface area contributed by atoms with Crippen LogP contribution in [-0.2, 0) is 15.0 Å². The number of methoxy groups -OCH3 is 1. The zero-order valence-corrected chi connectivity index (χ0v) is 11.5. The molecule has 0 spiro atoms. The fourth-order valence-electron chi connectivity index (χ4n) is 2.03. The molecule has 1 aromatic rings. The number of ether oxygens (including phenoxy) is 2. The smallest absolute Gasteiger partial charge is 0.0700 e. The van der Waals surface area contributed by atoms with E-state index in [2.05, 4.69) is 19.1 Å². The number of hydrogen-bond donors (Lipinski definition) is 1. The van der Waals surface area contributed by atoms with Gasteiger partial charge in [-0.1, -0.05) is 37.3 Å². The van der Waals surface area contributed by atoms with E-state index in [1.807, 2.05) is 18.2 Å². The maximum Gasteiger partial charge on any atom is 0.0700 e. The molecule has 0 amide bonds. The maximum atomic E-state index is 6.48. The molecule has 1 unspecified atom stereocenters. The van der Waals surface area contributed by atoms with Crippen LogP contribution >= 0.6 is 0 Å². The molecule has 0 radical (unpaired) electrons. The minimum Gasteiger partial charge on any atom is -0.382 e. The summed E-state index contributed by atoms with van der Waals surface area (Å²) in [6, 6.07) is 10.3. The highest BCUT2D eigenvalue weighted by Gasteiger charge is 2.24. The summed E-state index contributed by atoms with van der Waals surface area (Å²) in [5.41, 5.74) is 7.46. The molecule has 3 heteroatoms. The van der Waals surface area contributed by atoms with Crippen molar-refractivity contribution in [3.63, 3.8) is 0 Å². The molecule has 2 N–H and O–H groups in total. The van der Waals surface area contributed by atoms with Crippen LogP contribution in [0.25, 0.3) is 0 Å². The second-order valence-electron chi connectivity index (χ2n) is 4.58.